The lowest BCUT2D eigenvalue weighted by Crippen LogP contribution is -2.34. The molecule has 0 bridgehead atoms. The molecular weight excluding hydrogens is 340 g/mol. The summed E-state index contributed by atoms with van der Waals surface area (Å²) in [6, 6.07) is 11.5. The number of nitrogens with one attached hydrogen (secondary N) is 2. The van der Waals surface area contributed by atoms with Crippen LogP contribution in [0.3, 0.4) is 0 Å². The molecule has 6 nitrogen and oxygen atoms in total. The number of carbonyl (C=O) groups is 2. The Labute approximate surface area is 150 Å². The summed E-state index contributed by atoms with van der Waals surface area (Å²) in [7, 11) is 1.46. The Kier molecular flexibility index (Phi) is 6.08. The van der Waals surface area contributed by atoms with Gasteiger partial charge in [-0.1, -0.05) is 19.1 Å². The van der Waals surface area contributed by atoms with E-state index < -0.39 is 5.97 Å². The molecule has 0 aliphatic carbocycles. The molecule has 0 fully saturated rings. The maximum Gasteiger partial charge on any atom is 0.335 e. The normalized spacial score (nSPS) is 10.0. The van der Waals surface area contributed by atoms with Crippen molar-refractivity contribution in [3.63, 3.8) is 0 Å². The number of amides is 1. The van der Waals surface area contributed by atoms with E-state index in [4.69, 9.17) is 22.1 Å². The molecule has 0 unspecified atom stereocenters. The van der Waals surface area contributed by atoms with Crippen LogP contribution in [0.4, 0.5) is 5.69 Å². The van der Waals surface area contributed by atoms with Gasteiger partial charge in [0.2, 0.25) is 0 Å². The van der Waals surface area contributed by atoms with Gasteiger partial charge in [-0.2, -0.15) is 0 Å². The van der Waals surface area contributed by atoms with E-state index in [0.29, 0.717) is 17.0 Å². The first-order chi connectivity index (χ1) is 11.9. The second-order valence-electron chi connectivity index (χ2n) is 5.18. The van der Waals surface area contributed by atoms with Gasteiger partial charge in [0.15, 0.2) is 5.11 Å². The highest BCUT2D eigenvalue weighted by Crippen LogP contribution is 2.25. The standard InChI is InChI=1S/C18H18N2O4S/c1-3-11-4-6-12(7-5-11)16(21)20-18(25)19-14-10-13(17(22)23)8-9-15(14)24-2/h4-10H,3H2,1-2H3,(H,22,23)(H2,19,20,21,25). The number of methoxy groups -OCH3 is 1. The van der Waals surface area contributed by atoms with Gasteiger partial charge in [-0.05, 0) is 54.5 Å². The average Bonchev–Trinajstić information content (AvgIpc) is 2.61. The van der Waals surface area contributed by atoms with Crippen LogP contribution in [0.15, 0.2) is 42.5 Å². The van der Waals surface area contributed by atoms with Gasteiger partial charge < -0.3 is 15.2 Å². The zero-order valence-electron chi connectivity index (χ0n) is 13.8. The third kappa shape index (κ3) is 4.77. The zero-order chi connectivity index (χ0) is 18.4. The van der Waals surface area contributed by atoms with Crippen molar-refractivity contribution in [2.24, 2.45) is 0 Å². The molecule has 0 saturated carbocycles. The first-order valence-corrected chi connectivity index (χ1v) is 7.98. The molecule has 0 saturated heterocycles. The largest absolute Gasteiger partial charge is 0.495 e. The number of ether oxygens (including phenoxy) is 1. The van der Waals surface area contributed by atoms with E-state index in [0.717, 1.165) is 12.0 Å². The van der Waals surface area contributed by atoms with Crippen LogP contribution in [0.2, 0.25) is 0 Å². The molecule has 3 N–H and O–H groups in total. The topological polar surface area (TPSA) is 87.7 Å². The van der Waals surface area contributed by atoms with Crippen molar-refractivity contribution in [1.29, 1.82) is 0 Å². The number of aromatic carboxylic acids is 1. The van der Waals surface area contributed by atoms with Crippen LogP contribution in [0, 0.1) is 0 Å². The molecule has 0 aliphatic rings. The quantitative estimate of drug-likeness (QED) is 0.712. The maximum absolute atomic E-state index is 12.2. The fourth-order valence-electron chi connectivity index (χ4n) is 2.16. The number of hydrogen-bond acceptors (Lipinski definition) is 4. The number of benzene rings is 2. The van der Waals surface area contributed by atoms with Crippen molar-refractivity contribution in [3.05, 3.63) is 59.2 Å². The summed E-state index contributed by atoms with van der Waals surface area (Å²) in [6.45, 7) is 2.03. The first kappa shape index (κ1) is 18.4. The minimum absolute atomic E-state index is 0.0467. The monoisotopic (exact) mass is 358 g/mol. The summed E-state index contributed by atoms with van der Waals surface area (Å²) in [5.74, 6) is -1.01. The number of carbonyl (C=O) groups excluding carboxylic acids is 1. The molecule has 2 aromatic rings. The molecule has 130 valence electrons. The number of rotatable bonds is 5. The third-order valence-corrected chi connectivity index (χ3v) is 3.75. The Balaban J connectivity index is 2.09. The van der Waals surface area contributed by atoms with E-state index in [1.54, 1.807) is 12.1 Å². The second kappa shape index (κ2) is 8.25. The Morgan fingerprint density at radius 2 is 1.76 bits per heavy atom. The van der Waals surface area contributed by atoms with Gasteiger partial charge >= 0.3 is 5.97 Å². The van der Waals surface area contributed by atoms with Crippen LogP contribution >= 0.6 is 12.2 Å². The minimum Gasteiger partial charge on any atom is -0.495 e. The van der Waals surface area contributed by atoms with Gasteiger partial charge in [0.05, 0.1) is 18.4 Å². The van der Waals surface area contributed by atoms with Crippen molar-refractivity contribution < 1.29 is 19.4 Å². The van der Waals surface area contributed by atoms with Crippen molar-refractivity contribution >= 4 is 34.9 Å². The molecule has 7 heteroatoms. The molecule has 0 spiro atoms. The predicted molar refractivity (Wildman–Crippen MR) is 99.5 cm³/mol. The summed E-state index contributed by atoms with van der Waals surface area (Å²) >= 11 is 5.13. The summed E-state index contributed by atoms with van der Waals surface area (Å²) in [5, 5.41) is 14.5. The van der Waals surface area contributed by atoms with Gasteiger partial charge in [-0.15, -0.1) is 0 Å². The lowest BCUT2D eigenvalue weighted by molar-refractivity contribution is 0.0696. The highest BCUT2D eigenvalue weighted by atomic mass is 32.1. The van der Waals surface area contributed by atoms with E-state index in [1.807, 2.05) is 19.1 Å². The fraction of sp³-hybridized carbons (Fsp3) is 0.167. The highest BCUT2D eigenvalue weighted by molar-refractivity contribution is 7.80. The summed E-state index contributed by atoms with van der Waals surface area (Å²) in [6.07, 6.45) is 0.890. The van der Waals surface area contributed by atoms with Crippen LogP contribution in [-0.4, -0.2) is 29.2 Å². The van der Waals surface area contributed by atoms with Gasteiger partial charge in [-0.3, -0.25) is 10.1 Å². The average molecular weight is 358 g/mol. The Hall–Kier alpha value is -2.93. The van der Waals surface area contributed by atoms with E-state index >= 15 is 0 Å². The summed E-state index contributed by atoms with van der Waals surface area (Å²) < 4.78 is 5.17. The molecule has 0 atom stereocenters. The van der Waals surface area contributed by atoms with Crippen molar-refractivity contribution in [2.45, 2.75) is 13.3 Å². The maximum atomic E-state index is 12.2. The lowest BCUT2D eigenvalue weighted by atomic mass is 10.1. The molecular formula is C18H18N2O4S. The number of carboxylic acids is 1. The van der Waals surface area contributed by atoms with Crippen LogP contribution < -0.4 is 15.4 Å². The zero-order valence-corrected chi connectivity index (χ0v) is 14.6. The molecule has 0 heterocycles. The lowest BCUT2D eigenvalue weighted by Gasteiger charge is -2.13. The van der Waals surface area contributed by atoms with Gasteiger partial charge in [0.25, 0.3) is 5.91 Å². The van der Waals surface area contributed by atoms with Crippen LogP contribution in [0.1, 0.15) is 33.2 Å². The van der Waals surface area contributed by atoms with Gasteiger partial charge in [0, 0.05) is 5.56 Å². The smallest absolute Gasteiger partial charge is 0.335 e. The molecule has 2 rings (SSSR count). The van der Waals surface area contributed by atoms with Crippen LogP contribution in [-0.2, 0) is 6.42 Å². The molecule has 0 radical (unpaired) electrons. The van der Waals surface area contributed by atoms with Gasteiger partial charge in [-0.25, -0.2) is 4.79 Å². The second-order valence-corrected chi connectivity index (χ2v) is 5.59. The molecule has 0 aliphatic heterocycles. The van der Waals surface area contributed by atoms with Crippen LogP contribution in [0.25, 0.3) is 0 Å². The first-order valence-electron chi connectivity index (χ1n) is 7.57. The fourth-order valence-corrected chi connectivity index (χ4v) is 2.36. The SMILES string of the molecule is CCc1ccc(C(=O)NC(=S)Nc2cc(C(=O)O)ccc2OC)cc1. The summed E-state index contributed by atoms with van der Waals surface area (Å²) in [5.41, 5.74) is 2.04. The van der Waals surface area contributed by atoms with Crippen molar-refractivity contribution in [1.82, 2.24) is 5.32 Å². The van der Waals surface area contributed by atoms with E-state index in [-0.39, 0.29) is 16.6 Å². The predicted octanol–water partition coefficient (Wildman–Crippen LogP) is 3.08. The Morgan fingerprint density at radius 3 is 2.32 bits per heavy atom. The molecule has 0 aromatic heterocycles. The number of hydrogen-bond donors (Lipinski definition) is 3. The molecule has 2 aromatic carbocycles. The Bertz CT molecular complexity index is 803. The number of anilines is 1. The van der Waals surface area contributed by atoms with Crippen molar-refractivity contribution in [2.75, 3.05) is 12.4 Å². The van der Waals surface area contributed by atoms with Crippen LogP contribution in [0.5, 0.6) is 5.75 Å². The number of carboxylic acid groups (broad SMARTS) is 1. The van der Waals surface area contributed by atoms with Gasteiger partial charge in [0.1, 0.15) is 5.75 Å². The van der Waals surface area contributed by atoms with E-state index in [1.165, 1.54) is 25.3 Å². The minimum atomic E-state index is -1.07. The molecule has 1 amide bonds. The van der Waals surface area contributed by atoms with E-state index in [9.17, 15) is 9.59 Å². The highest BCUT2D eigenvalue weighted by Gasteiger charge is 2.12. The van der Waals surface area contributed by atoms with Crippen molar-refractivity contribution in [3.8, 4) is 5.75 Å². The van der Waals surface area contributed by atoms with E-state index in [2.05, 4.69) is 10.6 Å². The third-order valence-electron chi connectivity index (χ3n) is 3.55. The summed E-state index contributed by atoms with van der Waals surface area (Å²) in [4.78, 5) is 23.3. The molecule has 25 heavy (non-hydrogen) atoms. The Morgan fingerprint density at radius 1 is 1.12 bits per heavy atom. The number of aryl methyl sites for hydroxylation is 1. The number of thiocarbonyl (C=S) groups is 1.